The summed E-state index contributed by atoms with van der Waals surface area (Å²) in [5.41, 5.74) is 0.846. The number of carbonyl (C=O) groups is 3. The Morgan fingerprint density at radius 3 is 2.44 bits per heavy atom. The average molecular weight is 918 g/mol. The fourth-order valence-corrected chi connectivity index (χ4v) is 10.2. The average Bonchev–Trinajstić information content (AvgIpc) is 3.54. The minimum Gasteiger partial charge on any atom is -0.458 e. The van der Waals surface area contributed by atoms with Crippen molar-refractivity contribution in [3.63, 3.8) is 0 Å². The lowest BCUT2D eigenvalue weighted by atomic mass is 9.78. The molecule has 41 heavy (non-hydrogen) atoms. The third-order valence-electron chi connectivity index (χ3n) is 8.80. The molecule has 4 aliphatic rings. The van der Waals surface area contributed by atoms with E-state index in [9.17, 15) is 27.4 Å². The number of hydrogen-bond donors (Lipinski definition) is 1. The third-order valence-corrected chi connectivity index (χ3v) is 13.4. The lowest BCUT2D eigenvalue weighted by Crippen LogP contribution is -2.44. The molecule has 2 aromatic carbocycles. The molecule has 0 spiro atoms. The van der Waals surface area contributed by atoms with Gasteiger partial charge in [-0.2, -0.15) is 8.42 Å². The van der Waals surface area contributed by atoms with Gasteiger partial charge in [0, 0.05) is 22.5 Å². The van der Waals surface area contributed by atoms with Crippen LogP contribution in [0.1, 0.15) is 60.4 Å². The van der Waals surface area contributed by atoms with E-state index in [0.29, 0.717) is 17.5 Å². The molecule has 0 amide bonds. The summed E-state index contributed by atoms with van der Waals surface area (Å²) >= 11 is 6.40. The lowest BCUT2D eigenvalue weighted by Gasteiger charge is -2.30. The summed E-state index contributed by atoms with van der Waals surface area (Å²) in [4.78, 5) is 39.5. The first kappa shape index (κ1) is 30.0. The minimum absolute atomic E-state index is 0.0805. The van der Waals surface area contributed by atoms with E-state index in [1.54, 1.807) is 6.07 Å². The van der Waals surface area contributed by atoms with E-state index in [2.05, 4.69) is 67.8 Å². The molecule has 6 atom stereocenters. The van der Waals surface area contributed by atoms with Crippen LogP contribution in [0.2, 0.25) is 0 Å². The molecule has 1 aliphatic heterocycles. The summed E-state index contributed by atoms with van der Waals surface area (Å²) in [5, 5.41) is 0. The molecule has 218 valence electrons. The molecule has 2 aromatic rings. The van der Waals surface area contributed by atoms with Gasteiger partial charge in [-0.15, -0.1) is 0 Å². The number of halogens is 3. The number of esters is 3. The Labute approximate surface area is 278 Å². The molecular weight excluding hydrogens is 893 g/mol. The Balaban J connectivity index is 1.26. The Kier molecular flexibility index (Phi) is 8.39. The largest absolute Gasteiger partial charge is 0.458 e. The molecule has 2 bridgehead atoms. The van der Waals surface area contributed by atoms with Crippen LogP contribution in [0.25, 0.3) is 0 Å². The molecule has 9 nitrogen and oxygen atoms in total. The highest BCUT2D eigenvalue weighted by molar-refractivity contribution is 14.1. The van der Waals surface area contributed by atoms with E-state index in [1.807, 2.05) is 6.07 Å². The van der Waals surface area contributed by atoms with Crippen LogP contribution in [-0.2, 0) is 29.2 Å². The summed E-state index contributed by atoms with van der Waals surface area (Å²) in [5.74, 6) is -3.86. The number of hydrogen-bond acceptors (Lipinski definition) is 8. The molecule has 13 heteroatoms. The van der Waals surface area contributed by atoms with E-state index >= 15 is 0 Å². The molecule has 3 saturated carbocycles. The molecule has 6 rings (SSSR count). The van der Waals surface area contributed by atoms with Crippen molar-refractivity contribution in [1.82, 2.24) is 0 Å². The Hall–Kier alpha value is -1.05. The molecule has 4 fully saturated rings. The van der Waals surface area contributed by atoms with Crippen LogP contribution in [0.3, 0.4) is 0 Å². The van der Waals surface area contributed by atoms with Crippen molar-refractivity contribution in [2.75, 3.05) is 0 Å². The maximum absolute atomic E-state index is 13.6. The van der Waals surface area contributed by atoms with Gasteiger partial charge < -0.3 is 14.2 Å². The summed E-state index contributed by atoms with van der Waals surface area (Å²) in [6.07, 6.45) is 3.60. The number of benzene rings is 2. The van der Waals surface area contributed by atoms with Crippen LogP contribution in [0, 0.1) is 34.4 Å². The van der Waals surface area contributed by atoms with Gasteiger partial charge in [-0.1, -0.05) is 19.3 Å². The van der Waals surface area contributed by atoms with Crippen molar-refractivity contribution < 1.29 is 41.6 Å². The maximum atomic E-state index is 13.6. The zero-order chi connectivity index (χ0) is 29.2. The van der Waals surface area contributed by atoms with Crippen LogP contribution < -0.4 is 4.74 Å². The van der Waals surface area contributed by atoms with Crippen LogP contribution in [-0.4, -0.2) is 43.1 Å². The van der Waals surface area contributed by atoms with E-state index in [0.717, 1.165) is 42.8 Å². The fourth-order valence-electron chi connectivity index (χ4n) is 7.10. The highest BCUT2D eigenvalue weighted by Crippen LogP contribution is 2.59. The molecule has 3 aliphatic carbocycles. The summed E-state index contributed by atoms with van der Waals surface area (Å²) < 4.78 is 53.9. The minimum atomic E-state index is -4.47. The van der Waals surface area contributed by atoms with Crippen LogP contribution in [0.15, 0.2) is 35.2 Å². The van der Waals surface area contributed by atoms with Gasteiger partial charge in [0.25, 0.3) is 10.1 Å². The van der Waals surface area contributed by atoms with Crippen molar-refractivity contribution in [3.8, 4) is 5.75 Å². The highest BCUT2D eigenvalue weighted by atomic mass is 127. The van der Waals surface area contributed by atoms with Gasteiger partial charge in [-0.3, -0.25) is 14.1 Å². The van der Waals surface area contributed by atoms with Crippen molar-refractivity contribution in [2.45, 2.75) is 61.5 Å². The fraction of sp³-hybridized carbons (Fsp3) is 0.464. The van der Waals surface area contributed by atoms with Crippen LogP contribution in [0.4, 0.5) is 0 Å². The molecule has 6 unspecified atom stereocenters. The van der Waals surface area contributed by atoms with E-state index < -0.39 is 58.0 Å². The molecular formula is C28H25I3O9S. The molecule has 0 radical (unpaired) electrons. The zero-order valence-corrected chi connectivity index (χ0v) is 28.7. The summed E-state index contributed by atoms with van der Waals surface area (Å²) in [6.45, 7) is 0. The predicted molar refractivity (Wildman–Crippen MR) is 170 cm³/mol. The van der Waals surface area contributed by atoms with E-state index in [1.165, 1.54) is 18.2 Å². The van der Waals surface area contributed by atoms with Gasteiger partial charge >= 0.3 is 17.9 Å². The van der Waals surface area contributed by atoms with Crippen molar-refractivity contribution in [3.05, 3.63) is 52.2 Å². The molecule has 1 N–H and O–H groups in total. The summed E-state index contributed by atoms with van der Waals surface area (Å²) in [6, 6.07) is 7.81. The van der Waals surface area contributed by atoms with Gasteiger partial charge in [0.2, 0.25) is 0 Å². The van der Waals surface area contributed by atoms with Crippen molar-refractivity contribution in [1.29, 1.82) is 0 Å². The normalized spacial score (nSPS) is 28.9. The lowest BCUT2D eigenvalue weighted by molar-refractivity contribution is -0.149. The van der Waals surface area contributed by atoms with Gasteiger partial charge in [0.05, 0.1) is 22.3 Å². The van der Waals surface area contributed by atoms with E-state index in [-0.39, 0.29) is 22.5 Å². The topological polar surface area (TPSA) is 133 Å². The van der Waals surface area contributed by atoms with E-state index in [4.69, 9.17) is 14.2 Å². The molecule has 0 aromatic heterocycles. The second-order valence-electron chi connectivity index (χ2n) is 11.1. The van der Waals surface area contributed by atoms with Crippen molar-refractivity contribution >= 4 is 95.8 Å². The van der Waals surface area contributed by atoms with Gasteiger partial charge in [-0.05, 0) is 129 Å². The number of fused-ring (bicyclic) bond motifs is 1. The zero-order valence-electron chi connectivity index (χ0n) is 21.4. The Bertz CT molecular complexity index is 1550. The first-order chi connectivity index (χ1) is 19.4. The third kappa shape index (κ3) is 5.54. The Morgan fingerprint density at radius 2 is 1.73 bits per heavy atom. The van der Waals surface area contributed by atoms with Crippen molar-refractivity contribution in [2.24, 2.45) is 23.7 Å². The molecule has 1 saturated heterocycles. The SMILES string of the molecule is O=C(OC1C2CC3C1OC(=O)C3C2C(=O)Oc1ccc(S(=O)(=O)O)c(C2CCCCC2)c1)c1cc(I)cc(I)c1I. The molecule has 1 heterocycles. The van der Waals surface area contributed by atoms with Crippen LogP contribution in [0.5, 0.6) is 5.75 Å². The second-order valence-corrected chi connectivity index (χ2v) is 15.9. The maximum Gasteiger partial charge on any atom is 0.339 e. The number of ether oxygens (including phenoxy) is 3. The van der Waals surface area contributed by atoms with Gasteiger partial charge in [0.1, 0.15) is 18.0 Å². The summed E-state index contributed by atoms with van der Waals surface area (Å²) in [7, 11) is -4.47. The smallest absolute Gasteiger partial charge is 0.339 e. The standard InChI is InChI=1S/C28H25I3O9S/c29-13-8-18(23(31)19(30)9-13)26(32)39-24-16-11-17-22(28(34)40-25(17)24)21(16)27(33)38-14-6-7-20(41(35,36)37)15(10-14)12-4-2-1-3-5-12/h6-10,12,16-17,21-22,24-25H,1-5,11H2,(H,35,36,37). The number of rotatable bonds is 6. The Morgan fingerprint density at radius 1 is 1.00 bits per heavy atom. The second kappa shape index (κ2) is 11.5. The first-order valence-electron chi connectivity index (χ1n) is 13.3. The highest BCUT2D eigenvalue weighted by Gasteiger charge is 2.70. The van der Waals surface area contributed by atoms with Gasteiger partial charge in [0.15, 0.2) is 0 Å². The van der Waals surface area contributed by atoms with Crippen LogP contribution >= 0.6 is 67.8 Å². The number of carbonyl (C=O) groups excluding carboxylic acids is 3. The quantitative estimate of drug-likeness (QED) is 0.127. The monoisotopic (exact) mass is 918 g/mol. The predicted octanol–water partition coefficient (Wildman–Crippen LogP) is 5.73. The first-order valence-corrected chi connectivity index (χ1v) is 18.0. The van der Waals surface area contributed by atoms with Gasteiger partial charge in [-0.25, -0.2) is 4.79 Å².